The van der Waals surface area contributed by atoms with E-state index in [1.807, 2.05) is 0 Å². The van der Waals surface area contributed by atoms with Gasteiger partial charge in [-0.25, -0.2) is 0 Å². The molecule has 0 aliphatic heterocycles. The van der Waals surface area contributed by atoms with E-state index in [4.69, 9.17) is 14.2 Å². The summed E-state index contributed by atoms with van der Waals surface area (Å²) in [4.78, 5) is 38.4. The summed E-state index contributed by atoms with van der Waals surface area (Å²) in [6, 6.07) is 0. The van der Waals surface area contributed by atoms with Gasteiger partial charge in [0, 0.05) is 19.3 Å². The third kappa shape index (κ3) is 63.3. The molecular weight excluding hydrogens is 949 g/mol. The van der Waals surface area contributed by atoms with Gasteiger partial charge in [0.05, 0.1) is 0 Å². The van der Waals surface area contributed by atoms with Gasteiger partial charge in [-0.15, -0.1) is 0 Å². The Bertz CT molecular complexity index is 1470. The summed E-state index contributed by atoms with van der Waals surface area (Å²) in [5.74, 6) is -0.922. The number of rotatable bonds is 60. The quantitative estimate of drug-likeness (QED) is 0.0261. The predicted octanol–water partition coefficient (Wildman–Crippen LogP) is 22.7. The lowest BCUT2D eigenvalue weighted by Gasteiger charge is -2.18. The minimum atomic E-state index is -0.797. The van der Waals surface area contributed by atoms with Crippen LogP contribution in [-0.2, 0) is 28.6 Å². The molecule has 0 fully saturated rings. The minimum Gasteiger partial charge on any atom is -0.462 e. The first kappa shape index (κ1) is 73.6. The van der Waals surface area contributed by atoms with Gasteiger partial charge < -0.3 is 14.2 Å². The van der Waals surface area contributed by atoms with Crippen LogP contribution in [0.25, 0.3) is 0 Å². The zero-order chi connectivity index (χ0) is 55.7. The third-order valence-electron chi connectivity index (χ3n) is 14.4. The number of carbonyl (C=O) groups excluding carboxylic acids is 3. The van der Waals surface area contributed by atoms with E-state index < -0.39 is 6.10 Å². The first-order valence-electron chi connectivity index (χ1n) is 33.1. The average Bonchev–Trinajstić information content (AvgIpc) is 3.43. The monoisotopic (exact) mass is 1070 g/mol. The van der Waals surface area contributed by atoms with Gasteiger partial charge in [-0.2, -0.15) is 0 Å². The van der Waals surface area contributed by atoms with Gasteiger partial charge in [0.2, 0.25) is 0 Å². The molecule has 1 unspecified atom stereocenters. The third-order valence-corrected chi connectivity index (χ3v) is 14.4. The van der Waals surface area contributed by atoms with Crippen LogP contribution in [0, 0.1) is 0 Å². The second-order valence-electron chi connectivity index (χ2n) is 22.0. The van der Waals surface area contributed by atoms with Gasteiger partial charge in [0.1, 0.15) is 13.2 Å². The van der Waals surface area contributed by atoms with Crippen LogP contribution in [0.5, 0.6) is 0 Å². The van der Waals surface area contributed by atoms with Crippen molar-refractivity contribution in [3.8, 4) is 0 Å². The van der Waals surface area contributed by atoms with Crippen molar-refractivity contribution in [2.75, 3.05) is 13.2 Å². The molecular formula is C71H124O6. The van der Waals surface area contributed by atoms with Crippen molar-refractivity contribution in [1.82, 2.24) is 0 Å². The van der Waals surface area contributed by atoms with Crippen LogP contribution in [0.2, 0.25) is 0 Å². The number of hydrogen-bond acceptors (Lipinski definition) is 6. The molecule has 0 rings (SSSR count). The van der Waals surface area contributed by atoms with Crippen molar-refractivity contribution in [1.29, 1.82) is 0 Å². The minimum absolute atomic E-state index is 0.0900. The SMILES string of the molecule is CC/C=C\C/C=C\C/C=C\C/C=C\C/C=C\C/C=C\CCCCC(=O)OCC(COC(=O)CCCCCCCCC/C=C\CCCCCCCCC)OC(=O)CCCCCCCCCCCCCCCCCCCCCC. The predicted molar refractivity (Wildman–Crippen MR) is 334 cm³/mol. The molecule has 0 aliphatic carbocycles. The van der Waals surface area contributed by atoms with Gasteiger partial charge >= 0.3 is 17.9 Å². The Morgan fingerprint density at radius 1 is 0.273 bits per heavy atom. The fourth-order valence-electron chi connectivity index (χ4n) is 9.44. The normalized spacial score (nSPS) is 12.6. The van der Waals surface area contributed by atoms with Crippen LogP contribution < -0.4 is 0 Å². The largest absolute Gasteiger partial charge is 0.462 e. The van der Waals surface area contributed by atoms with Crippen molar-refractivity contribution in [2.24, 2.45) is 0 Å². The number of allylic oxidation sites excluding steroid dienone is 14. The lowest BCUT2D eigenvalue weighted by Crippen LogP contribution is -2.30. The number of hydrogen-bond donors (Lipinski definition) is 0. The smallest absolute Gasteiger partial charge is 0.306 e. The fourth-order valence-corrected chi connectivity index (χ4v) is 9.44. The Morgan fingerprint density at radius 3 is 0.831 bits per heavy atom. The zero-order valence-electron chi connectivity index (χ0n) is 51.0. The maximum atomic E-state index is 12.9. The fraction of sp³-hybridized carbons (Fsp3) is 0.761. The highest BCUT2D eigenvalue weighted by molar-refractivity contribution is 5.71. The Balaban J connectivity index is 4.44. The van der Waals surface area contributed by atoms with Gasteiger partial charge in [0.25, 0.3) is 0 Å². The molecule has 0 heterocycles. The van der Waals surface area contributed by atoms with Gasteiger partial charge in [0.15, 0.2) is 6.10 Å². The Morgan fingerprint density at radius 2 is 0.506 bits per heavy atom. The average molecular weight is 1070 g/mol. The topological polar surface area (TPSA) is 78.9 Å². The van der Waals surface area contributed by atoms with Crippen LogP contribution in [0.15, 0.2) is 85.1 Å². The number of ether oxygens (including phenoxy) is 3. The second-order valence-corrected chi connectivity index (χ2v) is 22.0. The van der Waals surface area contributed by atoms with E-state index in [2.05, 4.69) is 106 Å². The summed E-state index contributed by atoms with van der Waals surface area (Å²) in [5, 5.41) is 0. The lowest BCUT2D eigenvalue weighted by molar-refractivity contribution is -0.167. The highest BCUT2D eigenvalue weighted by Crippen LogP contribution is 2.17. The molecule has 0 N–H and O–H groups in total. The maximum absolute atomic E-state index is 12.9. The molecule has 0 bridgehead atoms. The summed E-state index contributed by atoms with van der Waals surface area (Å²) in [6.45, 7) is 6.53. The maximum Gasteiger partial charge on any atom is 0.306 e. The summed E-state index contributed by atoms with van der Waals surface area (Å²) in [6.07, 6.45) is 85.9. The number of unbranched alkanes of at least 4 members (excludes halogenated alkanes) is 35. The van der Waals surface area contributed by atoms with E-state index in [0.717, 1.165) is 96.3 Å². The van der Waals surface area contributed by atoms with Crippen LogP contribution in [-0.4, -0.2) is 37.2 Å². The lowest BCUT2D eigenvalue weighted by atomic mass is 10.0. The van der Waals surface area contributed by atoms with Crippen molar-refractivity contribution in [3.63, 3.8) is 0 Å². The summed E-state index contributed by atoms with van der Waals surface area (Å²) in [7, 11) is 0. The first-order valence-corrected chi connectivity index (χ1v) is 33.1. The van der Waals surface area contributed by atoms with Gasteiger partial charge in [-0.1, -0.05) is 298 Å². The zero-order valence-corrected chi connectivity index (χ0v) is 51.0. The van der Waals surface area contributed by atoms with Crippen LogP contribution in [0.3, 0.4) is 0 Å². The standard InChI is InChI=1S/C71H124O6/c1-4-7-10-13-16-19-22-25-28-31-34-36-38-40-43-46-49-52-55-58-61-64-70(73)76-67-68(66-75-69(72)63-60-57-54-51-48-45-42-39-33-30-27-24-21-18-15-12-9-6-3)77-71(74)65-62-59-56-53-50-47-44-41-37-35-32-29-26-23-20-17-14-11-8-5-2/h7,10,16,19,25,28,30,33-34,36,40,43,49,52,68H,4-6,8-9,11-15,17-18,20-24,26-27,29,31-32,35,37-39,41-42,44-48,50-51,53-67H2,1-3H3/b10-7-,19-16-,28-25-,33-30-,36-34-,43-40-,52-49-. The van der Waals surface area contributed by atoms with E-state index in [1.54, 1.807) is 0 Å². The second kappa shape index (κ2) is 65.1. The van der Waals surface area contributed by atoms with E-state index in [1.165, 1.54) is 193 Å². The Hall–Kier alpha value is -3.41. The molecule has 0 aliphatic rings. The summed E-state index contributed by atoms with van der Waals surface area (Å²) < 4.78 is 16.9. The molecule has 0 amide bonds. The molecule has 1 atom stereocenters. The van der Waals surface area contributed by atoms with E-state index in [-0.39, 0.29) is 31.1 Å². The molecule has 0 radical (unpaired) electrons. The van der Waals surface area contributed by atoms with Crippen molar-refractivity contribution >= 4 is 17.9 Å². The number of carbonyl (C=O) groups is 3. The molecule has 77 heavy (non-hydrogen) atoms. The van der Waals surface area contributed by atoms with Crippen molar-refractivity contribution < 1.29 is 28.6 Å². The van der Waals surface area contributed by atoms with Crippen molar-refractivity contribution in [3.05, 3.63) is 85.1 Å². The molecule has 0 aromatic heterocycles. The highest BCUT2D eigenvalue weighted by Gasteiger charge is 2.19. The molecule has 0 aromatic carbocycles. The van der Waals surface area contributed by atoms with Gasteiger partial charge in [-0.3, -0.25) is 14.4 Å². The van der Waals surface area contributed by atoms with Crippen LogP contribution in [0.1, 0.15) is 329 Å². The van der Waals surface area contributed by atoms with Crippen molar-refractivity contribution in [2.45, 2.75) is 335 Å². The molecule has 0 saturated heterocycles. The molecule has 0 saturated carbocycles. The van der Waals surface area contributed by atoms with E-state index >= 15 is 0 Å². The first-order chi connectivity index (χ1) is 38.0. The molecule has 444 valence electrons. The van der Waals surface area contributed by atoms with Crippen LogP contribution >= 0.6 is 0 Å². The summed E-state index contributed by atoms with van der Waals surface area (Å²) in [5.41, 5.74) is 0. The van der Waals surface area contributed by atoms with Crippen LogP contribution in [0.4, 0.5) is 0 Å². The van der Waals surface area contributed by atoms with E-state index in [0.29, 0.717) is 19.3 Å². The molecule has 0 aromatic rings. The molecule has 6 nitrogen and oxygen atoms in total. The summed E-state index contributed by atoms with van der Waals surface area (Å²) >= 11 is 0. The molecule has 6 heteroatoms. The highest BCUT2D eigenvalue weighted by atomic mass is 16.6. The molecule has 0 spiro atoms. The Labute approximate surface area is 477 Å². The Kier molecular flexibility index (Phi) is 62.2. The number of esters is 3. The van der Waals surface area contributed by atoms with Gasteiger partial charge in [-0.05, 0) is 96.3 Å². The van der Waals surface area contributed by atoms with E-state index in [9.17, 15) is 14.4 Å².